The Balaban J connectivity index is 0.00000190. The molecule has 6 nitrogen and oxygen atoms in total. The number of nitrogens with zero attached hydrogens (tertiary/aromatic N) is 1. The maximum atomic E-state index is 13.2. The summed E-state index contributed by atoms with van der Waals surface area (Å²) in [5, 5.41) is 0. The lowest BCUT2D eigenvalue weighted by molar-refractivity contribution is -0.0588. The second kappa shape index (κ2) is 11.6. The lowest BCUT2D eigenvalue weighted by atomic mass is 9.94. The van der Waals surface area contributed by atoms with Crippen LogP contribution in [0.3, 0.4) is 0 Å². The van der Waals surface area contributed by atoms with E-state index in [1.165, 1.54) is 19.1 Å². The molecule has 9 heteroatoms. The molecule has 5 N–H and O–H groups in total. The van der Waals surface area contributed by atoms with Gasteiger partial charge in [0, 0.05) is 25.2 Å². The predicted octanol–water partition coefficient (Wildman–Crippen LogP) is 4.01. The van der Waals surface area contributed by atoms with E-state index in [9.17, 15) is 8.78 Å². The predicted molar refractivity (Wildman–Crippen MR) is 110 cm³/mol. The molecule has 1 saturated carbocycles. The maximum Gasteiger partial charge on any atom is 0.248 e. The van der Waals surface area contributed by atoms with Gasteiger partial charge in [-0.05, 0) is 25.0 Å². The second-order valence-corrected chi connectivity index (χ2v) is 6.53. The van der Waals surface area contributed by atoms with Gasteiger partial charge in [0.05, 0.1) is 18.5 Å². The highest BCUT2D eigenvalue weighted by molar-refractivity contribution is 7.96. The number of halogens is 2. The Morgan fingerprint density at radius 1 is 1.29 bits per heavy atom. The van der Waals surface area contributed by atoms with E-state index in [-0.39, 0.29) is 24.8 Å². The number of alkyl halides is 2. The summed E-state index contributed by atoms with van der Waals surface area (Å²) < 4.78 is 40.2. The molecule has 0 spiro atoms. The first-order valence-electron chi connectivity index (χ1n) is 9.16. The van der Waals surface area contributed by atoms with E-state index in [1.54, 1.807) is 24.3 Å². The number of hydrogen-bond acceptors (Lipinski definition) is 7. The van der Waals surface area contributed by atoms with E-state index in [1.807, 2.05) is 20.1 Å². The Hall–Kier alpha value is -2.16. The fraction of sp³-hybridized carbons (Fsp3) is 0.526. The first kappa shape index (κ1) is 23.9. The molecule has 0 unspecified atom stereocenters. The zero-order valence-electron chi connectivity index (χ0n) is 16.8. The van der Waals surface area contributed by atoms with Crippen molar-refractivity contribution < 1.29 is 18.3 Å². The van der Waals surface area contributed by atoms with Crippen LogP contribution in [-0.4, -0.2) is 30.4 Å². The van der Waals surface area contributed by atoms with Gasteiger partial charge in [-0.1, -0.05) is 31.9 Å². The minimum absolute atomic E-state index is 0.162. The highest BCUT2D eigenvalue weighted by atomic mass is 32.2. The first-order valence-corrected chi connectivity index (χ1v) is 10.4. The van der Waals surface area contributed by atoms with E-state index in [0.29, 0.717) is 35.8 Å². The zero-order chi connectivity index (χ0) is 21.2. The molecule has 1 heterocycles. The van der Waals surface area contributed by atoms with Crippen molar-refractivity contribution in [1.82, 2.24) is 9.71 Å². The molecule has 1 aliphatic carbocycles. The van der Waals surface area contributed by atoms with Crippen LogP contribution in [0.4, 0.5) is 8.78 Å². The van der Waals surface area contributed by atoms with Crippen LogP contribution in [0, 0.1) is 0 Å². The first-order chi connectivity index (χ1) is 13.3. The SMILES string of the molecule is CC.CO/C(N)=C(/C=C(\N)c1cccc(OC2CCC(F)(F)CC2)n1)NSC. The number of nitrogens with two attached hydrogens (primary N) is 2. The number of nitrogens with one attached hydrogen (secondary N) is 1. The monoisotopic (exact) mass is 416 g/mol. The molecule has 2 rings (SSSR count). The van der Waals surface area contributed by atoms with E-state index in [4.69, 9.17) is 20.9 Å². The van der Waals surface area contributed by atoms with Crippen molar-refractivity contribution in [2.45, 2.75) is 51.6 Å². The summed E-state index contributed by atoms with van der Waals surface area (Å²) >= 11 is 1.34. The lowest BCUT2D eigenvalue weighted by Crippen LogP contribution is -2.31. The van der Waals surface area contributed by atoms with Crippen LogP contribution in [0.2, 0.25) is 0 Å². The molecule has 0 amide bonds. The lowest BCUT2D eigenvalue weighted by Gasteiger charge is -2.28. The van der Waals surface area contributed by atoms with Crippen LogP contribution in [-0.2, 0) is 4.74 Å². The molecule has 158 valence electrons. The summed E-state index contributed by atoms with van der Waals surface area (Å²) in [7, 11) is 1.46. The largest absolute Gasteiger partial charge is 0.481 e. The standard InChI is InChI=1S/C17H24F2N4O2S.C2H6/c1-24-16(21)14(23-26-2)10-12(20)13-4-3-5-15(22-13)25-11-6-8-17(18,19)9-7-11;1-2/h3-5,10-11,23H,6-9,20-21H2,1-2H3;1-2H3/b12-10-,16-14-;. The van der Waals surface area contributed by atoms with Crippen LogP contribution >= 0.6 is 11.9 Å². The van der Waals surface area contributed by atoms with Crippen LogP contribution in [0.5, 0.6) is 5.88 Å². The average molecular weight is 417 g/mol. The van der Waals surface area contributed by atoms with Gasteiger partial charge in [-0.15, -0.1) is 0 Å². The van der Waals surface area contributed by atoms with E-state index >= 15 is 0 Å². The Kier molecular flexibility index (Phi) is 9.92. The smallest absolute Gasteiger partial charge is 0.248 e. The van der Waals surface area contributed by atoms with Crippen molar-refractivity contribution in [1.29, 1.82) is 0 Å². The number of pyridine rings is 1. The van der Waals surface area contributed by atoms with Crippen molar-refractivity contribution in [2.24, 2.45) is 11.5 Å². The summed E-state index contributed by atoms with van der Waals surface area (Å²) in [4.78, 5) is 4.36. The normalized spacial score (nSPS) is 17.7. The molecule has 0 radical (unpaired) electrons. The molecule has 28 heavy (non-hydrogen) atoms. The average Bonchev–Trinajstić information content (AvgIpc) is 2.70. The Morgan fingerprint density at radius 3 is 2.50 bits per heavy atom. The van der Waals surface area contributed by atoms with Crippen molar-refractivity contribution in [3.63, 3.8) is 0 Å². The number of hydrogen-bond donors (Lipinski definition) is 3. The van der Waals surface area contributed by atoms with Gasteiger partial charge in [0.15, 0.2) is 0 Å². The van der Waals surface area contributed by atoms with Gasteiger partial charge >= 0.3 is 0 Å². The molecule has 1 aliphatic rings. The Morgan fingerprint density at radius 2 is 1.93 bits per heavy atom. The molecule has 0 aliphatic heterocycles. The van der Waals surface area contributed by atoms with E-state index < -0.39 is 5.92 Å². The van der Waals surface area contributed by atoms with Gasteiger partial charge < -0.3 is 25.7 Å². The van der Waals surface area contributed by atoms with Gasteiger partial charge in [0.1, 0.15) is 11.8 Å². The topological polar surface area (TPSA) is 95.4 Å². The minimum Gasteiger partial charge on any atom is -0.481 e. The zero-order valence-corrected chi connectivity index (χ0v) is 17.6. The summed E-state index contributed by atoms with van der Waals surface area (Å²) in [6, 6.07) is 5.16. The van der Waals surface area contributed by atoms with E-state index in [2.05, 4.69) is 9.71 Å². The molecular weight excluding hydrogens is 386 g/mol. The van der Waals surface area contributed by atoms with Crippen molar-refractivity contribution in [2.75, 3.05) is 13.4 Å². The third kappa shape index (κ3) is 7.46. The molecule has 1 aromatic heterocycles. The van der Waals surface area contributed by atoms with Gasteiger partial charge in [0.25, 0.3) is 0 Å². The summed E-state index contributed by atoms with van der Waals surface area (Å²) in [6.45, 7) is 4.00. The van der Waals surface area contributed by atoms with Crippen LogP contribution in [0.25, 0.3) is 5.70 Å². The van der Waals surface area contributed by atoms with Gasteiger partial charge in [0.2, 0.25) is 17.7 Å². The number of methoxy groups -OCH3 is 1. The highest BCUT2D eigenvalue weighted by Crippen LogP contribution is 2.34. The summed E-state index contributed by atoms with van der Waals surface area (Å²) in [5.74, 6) is -2.04. The van der Waals surface area contributed by atoms with Crippen molar-refractivity contribution in [3.05, 3.63) is 41.5 Å². The number of aromatic nitrogens is 1. The maximum absolute atomic E-state index is 13.2. The number of rotatable bonds is 7. The Bertz CT molecular complexity index is 674. The third-order valence-electron chi connectivity index (χ3n) is 3.97. The fourth-order valence-electron chi connectivity index (χ4n) is 2.54. The van der Waals surface area contributed by atoms with Crippen LogP contribution in [0.1, 0.15) is 45.2 Å². The van der Waals surface area contributed by atoms with E-state index in [0.717, 1.165) is 0 Å². The van der Waals surface area contributed by atoms with Crippen molar-refractivity contribution >= 4 is 17.6 Å². The highest BCUT2D eigenvalue weighted by Gasteiger charge is 2.35. The molecule has 1 fully saturated rings. The van der Waals surface area contributed by atoms with Crippen LogP contribution in [0.15, 0.2) is 35.9 Å². The number of allylic oxidation sites excluding steroid dienone is 1. The molecule has 0 aromatic carbocycles. The van der Waals surface area contributed by atoms with Crippen molar-refractivity contribution in [3.8, 4) is 5.88 Å². The minimum atomic E-state index is -2.59. The third-order valence-corrected chi connectivity index (χ3v) is 4.39. The molecule has 0 bridgehead atoms. The molecular formula is C19H30F2N4O2S. The van der Waals surface area contributed by atoms with Gasteiger partial charge in [-0.25, -0.2) is 13.8 Å². The molecule has 0 atom stereocenters. The second-order valence-electron chi connectivity index (χ2n) is 5.92. The number of ether oxygens (including phenoxy) is 2. The van der Waals surface area contributed by atoms with Gasteiger partial charge in [-0.3, -0.25) is 0 Å². The quantitative estimate of drug-likeness (QED) is 0.351. The van der Waals surface area contributed by atoms with Gasteiger partial charge in [-0.2, -0.15) is 0 Å². The molecule has 1 aromatic rings. The molecule has 0 saturated heterocycles. The fourth-order valence-corrected chi connectivity index (χ4v) is 2.92. The van der Waals surface area contributed by atoms with Crippen LogP contribution < -0.4 is 20.9 Å². The Labute approximate surface area is 169 Å². The summed E-state index contributed by atoms with van der Waals surface area (Å²) in [6.07, 6.45) is 3.48. The summed E-state index contributed by atoms with van der Waals surface area (Å²) in [5.41, 5.74) is 13.3.